The van der Waals surface area contributed by atoms with Crippen LogP contribution < -0.4 is 20.5 Å². The molecule has 0 radical (unpaired) electrons. The van der Waals surface area contributed by atoms with Crippen LogP contribution in [0, 0.1) is 0 Å². The van der Waals surface area contributed by atoms with Crippen LogP contribution in [-0.2, 0) is 9.53 Å². The Morgan fingerprint density at radius 2 is 1.77 bits per heavy atom. The third-order valence-corrected chi connectivity index (χ3v) is 4.53. The lowest BCUT2D eigenvalue weighted by atomic mass is 10.2. The van der Waals surface area contributed by atoms with E-state index in [-0.39, 0.29) is 18.6 Å². The van der Waals surface area contributed by atoms with Crippen LogP contribution in [0.25, 0.3) is 0 Å². The summed E-state index contributed by atoms with van der Waals surface area (Å²) in [5.74, 6) is -0.171. The van der Waals surface area contributed by atoms with Crippen molar-refractivity contribution in [2.45, 2.75) is 26.4 Å². The van der Waals surface area contributed by atoms with Crippen LogP contribution in [0.3, 0.4) is 0 Å². The zero-order valence-electron chi connectivity index (χ0n) is 18.6. The van der Waals surface area contributed by atoms with Gasteiger partial charge in [-0.2, -0.15) is 0 Å². The first kappa shape index (κ1) is 24.3. The summed E-state index contributed by atoms with van der Waals surface area (Å²) >= 11 is 0. The quantitative estimate of drug-likeness (QED) is 0.619. The molecule has 10 heteroatoms. The highest BCUT2D eigenvalue weighted by molar-refractivity contribution is 5.94. The summed E-state index contributed by atoms with van der Waals surface area (Å²) in [5, 5.41) is 2.88. The molecule has 0 spiro atoms. The lowest BCUT2D eigenvalue weighted by Gasteiger charge is -2.35. The van der Waals surface area contributed by atoms with Crippen molar-refractivity contribution in [1.82, 2.24) is 15.1 Å². The fourth-order valence-corrected chi connectivity index (χ4v) is 2.99. The van der Waals surface area contributed by atoms with Crippen molar-refractivity contribution in [2.75, 3.05) is 53.0 Å². The lowest BCUT2D eigenvalue weighted by molar-refractivity contribution is -0.119. The van der Waals surface area contributed by atoms with E-state index in [0.29, 0.717) is 43.2 Å². The number of piperazine rings is 1. The average molecular weight is 437 g/mol. The molecule has 1 fully saturated rings. The Balaban J connectivity index is 1.77. The fraction of sp³-hybridized carbons (Fsp3) is 0.571. The second-order valence-corrected chi connectivity index (χ2v) is 8.19. The monoisotopic (exact) mass is 436 g/mol. The number of primary amides is 1. The Morgan fingerprint density at radius 3 is 2.35 bits per heavy atom. The maximum atomic E-state index is 12.4. The number of nitrogens with two attached hydrogens (primary N) is 1. The van der Waals surface area contributed by atoms with E-state index in [1.807, 2.05) is 20.8 Å². The second kappa shape index (κ2) is 10.9. The van der Waals surface area contributed by atoms with Crippen LogP contribution in [0.5, 0.6) is 11.5 Å². The summed E-state index contributed by atoms with van der Waals surface area (Å²) in [4.78, 5) is 39.3. The summed E-state index contributed by atoms with van der Waals surface area (Å²) < 4.78 is 15.9. The first-order valence-corrected chi connectivity index (χ1v) is 10.2. The van der Waals surface area contributed by atoms with Crippen LogP contribution in [0.4, 0.5) is 4.79 Å². The minimum atomic E-state index is -0.601. The van der Waals surface area contributed by atoms with Gasteiger partial charge < -0.3 is 30.2 Å². The van der Waals surface area contributed by atoms with Crippen molar-refractivity contribution in [3.63, 3.8) is 0 Å². The lowest BCUT2D eigenvalue weighted by Crippen LogP contribution is -2.51. The fourth-order valence-electron chi connectivity index (χ4n) is 2.99. The molecule has 3 amide bonds. The Hall–Kier alpha value is -3.01. The maximum Gasteiger partial charge on any atom is 0.410 e. The zero-order chi connectivity index (χ0) is 23.0. The number of ether oxygens (including phenoxy) is 3. The van der Waals surface area contributed by atoms with Crippen LogP contribution >= 0.6 is 0 Å². The van der Waals surface area contributed by atoms with Crippen LogP contribution in [0.15, 0.2) is 18.2 Å². The van der Waals surface area contributed by atoms with E-state index < -0.39 is 11.5 Å². The predicted molar refractivity (Wildman–Crippen MR) is 114 cm³/mol. The van der Waals surface area contributed by atoms with E-state index >= 15 is 0 Å². The van der Waals surface area contributed by atoms with E-state index in [2.05, 4.69) is 10.2 Å². The van der Waals surface area contributed by atoms with Crippen molar-refractivity contribution in [1.29, 1.82) is 0 Å². The molecule has 172 valence electrons. The van der Waals surface area contributed by atoms with Gasteiger partial charge in [0.15, 0.2) is 18.1 Å². The molecule has 1 saturated heterocycles. The van der Waals surface area contributed by atoms with E-state index in [0.717, 1.165) is 13.1 Å². The molecule has 0 unspecified atom stereocenters. The first-order chi connectivity index (χ1) is 14.6. The summed E-state index contributed by atoms with van der Waals surface area (Å²) in [5.41, 5.74) is 4.98. The van der Waals surface area contributed by atoms with Crippen molar-refractivity contribution in [3.8, 4) is 11.5 Å². The van der Waals surface area contributed by atoms with Gasteiger partial charge in [0.1, 0.15) is 5.60 Å². The number of carbonyl (C=O) groups excluding carboxylic acids is 3. The molecule has 0 saturated carbocycles. The Bertz CT molecular complexity index is 785. The maximum absolute atomic E-state index is 12.4. The van der Waals surface area contributed by atoms with Gasteiger partial charge in [-0.1, -0.05) is 0 Å². The smallest absolute Gasteiger partial charge is 0.410 e. The minimum absolute atomic E-state index is 0.243. The summed E-state index contributed by atoms with van der Waals surface area (Å²) in [6.45, 7) is 9.02. The molecule has 1 aromatic carbocycles. The summed E-state index contributed by atoms with van der Waals surface area (Å²) in [7, 11) is 1.45. The van der Waals surface area contributed by atoms with Crippen molar-refractivity contribution < 1.29 is 28.6 Å². The molecule has 0 bridgehead atoms. The van der Waals surface area contributed by atoms with Gasteiger partial charge in [-0.05, 0) is 39.0 Å². The van der Waals surface area contributed by atoms with E-state index in [1.165, 1.54) is 7.11 Å². The number of nitrogens with zero attached hydrogens (tertiary/aromatic N) is 2. The standard InChI is InChI=1S/C21H32N4O6/c1-21(2,3)31-20(28)25-11-9-24(10-12-25)8-7-23-19(27)15-5-6-16(17(13-15)29-4)30-14-18(22)26/h5-6,13H,7-12,14H2,1-4H3,(H2,22,26)(H,23,27). The van der Waals surface area contributed by atoms with Gasteiger partial charge in [-0.3, -0.25) is 14.5 Å². The predicted octanol–water partition coefficient (Wildman–Crippen LogP) is 0.842. The van der Waals surface area contributed by atoms with Gasteiger partial charge in [0, 0.05) is 44.8 Å². The number of rotatable bonds is 8. The number of amides is 3. The first-order valence-electron chi connectivity index (χ1n) is 10.2. The largest absolute Gasteiger partial charge is 0.493 e. The highest BCUT2D eigenvalue weighted by Crippen LogP contribution is 2.28. The number of nitrogens with one attached hydrogen (secondary N) is 1. The normalized spacial score (nSPS) is 14.6. The molecule has 1 aliphatic heterocycles. The van der Waals surface area contributed by atoms with E-state index in [9.17, 15) is 14.4 Å². The second-order valence-electron chi connectivity index (χ2n) is 8.19. The number of carbonyl (C=O) groups is 3. The SMILES string of the molecule is COc1cc(C(=O)NCCN2CCN(C(=O)OC(C)(C)C)CC2)ccc1OCC(N)=O. The molecule has 31 heavy (non-hydrogen) atoms. The topological polar surface area (TPSA) is 123 Å². The molecule has 0 atom stereocenters. The zero-order valence-corrected chi connectivity index (χ0v) is 18.6. The van der Waals surface area contributed by atoms with Gasteiger partial charge in [-0.15, -0.1) is 0 Å². The number of benzene rings is 1. The molecular weight excluding hydrogens is 404 g/mol. The number of hydrogen-bond acceptors (Lipinski definition) is 7. The van der Waals surface area contributed by atoms with Crippen molar-refractivity contribution in [3.05, 3.63) is 23.8 Å². The Morgan fingerprint density at radius 1 is 1.10 bits per heavy atom. The third kappa shape index (κ3) is 7.97. The Labute approximate surface area is 182 Å². The van der Waals surface area contributed by atoms with Crippen LogP contribution in [0.2, 0.25) is 0 Å². The molecule has 0 aliphatic carbocycles. The van der Waals surface area contributed by atoms with Gasteiger partial charge in [0.25, 0.3) is 11.8 Å². The average Bonchev–Trinajstić information content (AvgIpc) is 2.71. The molecule has 3 N–H and O–H groups in total. The molecule has 0 aromatic heterocycles. The molecule has 1 heterocycles. The van der Waals surface area contributed by atoms with Crippen LogP contribution in [0.1, 0.15) is 31.1 Å². The highest BCUT2D eigenvalue weighted by atomic mass is 16.6. The van der Waals surface area contributed by atoms with E-state index in [1.54, 1.807) is 23.1 Å². The van der Waals surface area contributed by atoms with E-state index in [4.69, 9.17) is 19.9 Å². The van der Waals surface area contributed by atoms with Crippen LogP contribution in [-0.4, -0.2) is 86.3 Å². The summed E-state index contributed by atoms with van der Waals surface area (Å²) in [6.07, 6.45) is -0.294. The Kier molecular flexibility index (Phi) is 8.49. The van der Waals surface area contributed by atoms with Crippen molar-refractivity contribution >= 4 is 17.9 Å². The molecule has 1 aliphatic rings. The van der Waals surface area contributed by atoms with Gasteiger partial charge in [0.2, 0.25) is 0 Å². The van der Waals surface area contributed by atoms with Crippen molar-refractivity contribution in [2.24, 2.45) is 5.73 Å². The third-order valence-electron chi connectivity index (χ3n) is 4.53. The molecular formula is C21H32N4O6. The van der Waals surface area contributed by atoms with Gasteiger partial charge in [-0.25, -0.2) is 4.79 Å². The number of hydrogen-bond donors (Lipinski definition) is 2. The minimum Gasteiger partial charge on any atom is -0.493 e. The number of methoxy groups -OCH3 is 1. The van der Waals surface area contributed by atoms with Gasteiger partial charge >= 0.3 is 6.09 Å². The molecule has 10 nitrogen and oxygen atoms in total. The molecule has 1 aromatic rings. The molecule has 2 rings (SSSR count). The van der Waals surface area contributed by atoms with Gasteiger partial charge in [0.05, 0.1) is 7.11 Å². The highest BCUT2D eigenvalue weighted by Gasteiger charge is 2.25. The summed E-state index contributed by atoms with van der Waals surface area (Å²) in [6, 6.07) is 4.70.